The smallest absolute Gasteiger partial charge is 0.0576 e. The van der Waals surface area contributed by atoms with Gasteiger partial charge in [-0.05, 0) is 57.9 Å². The summed E-state index contributed by atoms with van der Waals surface area (Å²) in [6.45, 7) is 8.14. The second-order valence-electron chi connectivity index (χ2n) is 5.08. The molecule has 1 heterocycles. The van der Waals surface area contributed by atoms with Crippen LogP contribution >= 0.6 is 0 Å². The summed E-state index contributed by atoms with van der Waals surface area (Å²) in [6.07, 6.45) is 12.5. The molecule has 0 aromatic carbocycles. The van der Waals surface area contributed by atoms with E-state index in [1.54, 1.807) is 0 Å². The molecule has 0 bridgehead atoms. The number of rotatable bonds is 10. The zero-order valence-electron chi connectivity index (χ0n) is 11.4. The van der Waals surface area contributed by atoms with E-state index in [0.29, 0.717) is 12.1 Å². The fourth-order valence-corrected chi connectivity index (χ4v) is 2.46. The molecular formula is C15H29NO. The molecule has 0 amide bonds. The molecule has 2 nitrogen and oxygen atoms in total. The third-order valence-electron chi connectivity index (χ3n) is 3.50. The van der Waals surface area contributed by atoms with Gasteiger partial charge in [0, 0.05) is 12.6 Å². The van der Waals surface area contributed by atoms with Crippen LogP contribution < -0.4 is 5.32 Å². The van der Waals surface area contributed by atoms with Crippen molar-refractivity contribution in [1.29, 1.82) is 0 Å². The minimum absolute atomic E-state index is 0.542. The van der Waals surface area contributed by atoms with Gasteiger partial charge in [-0.2, -0.15) is 0 Å². The molecule has 2 unspecified atom stereocenters. The Hall–Kier alpha value is -0.340. The van der Waals surface area contributed by atoms with Crippen molar-refractivity contribution in [3.05, 3.63) is 12.7 Å². The third-order valence-corrected chi connectivity index (χ3v) is 3.50. The van der Waals surface area contributed by atoms with Crippen LogP contribution in [0.3, 0.4) is 0 Å². The summed E-state index contributed by atoms with van der Waals surface area (Å²) in [5.74, 6) is 0. The van der Waals surface area contributed by atoms with Gasteiger partial charge in [-0.25, -0.2) is 0 Å². The summed E-state index contributed by atoms with van der Waals surface area (Å²) in [4.78, 5) is 0. The highest BCUT2D eigenvalue weighted by atomic mass is 16.5. The summed E-state index contributed by atoms with van der Waals surface area (Å²) in [5, 5.41) is 3.66. The van der Waals surface area contributed by atoms with Gasteiger partial charge in [0.25, 0.3) is 0 Å². The largest absolute Gasteiger partial charge is 0.378 e. The fraction of sp³-hybridized carbons (Fsp3) is 0.867. The topological polar surface area (TPSA) is 21.3 Å². The molecule has 2 heteroatoms. The first kappa shape index (κ1) is 14.7. The number of unbranched alkanes of at least 4 members (excludes halogenated alkanes) is 1. The van der Waals surface area contributed by atoms with Gasteiger partial charge in [0.05, 0.1) is 6.10 Å². The Labute approximate surface area is 107 Å². The summed E-state index contributed by atoms with van der Waals surface area (Å²) in [7, 11) is 0. The minimum Gasteiger partial charge on any atom is -0.378 e. The fourth-order valence-electron chi connectivity index (χ4n) is 2.46. The van der Waals surface area contributed by atoms with E-state index in [2.05, 4.69) is 18.8 Å². The van der Waals surface area contributed by atoms with Gasteiger partial charge in [0.1, 0.15) is 0 Å². The Kier molecular flexibility index (Phi) is 8.37. The summed E-state index contributed by atoms with van der Waals surface area (Å²) in [5.41, 5.74) is 0. The maximum atomic E-state index is 5.69. The summed E-state index contributed by atoms with van der Waals surface area (Å²) in [6, 6.07) is 0.680. The Morgan fingerprint density at radius 1 is 1.47 bits per heavy atom. The molecule has 0 aromatic heterocycles. The standard InChI is InChI=1S/C15H29NO/c1-3-5-6-8-14(16-12-4-2)10-11-15-9-7-13-17-15/h3,14-16H,1,4-13H2,2H3. The maximum Gasteiger partial charge on any atom is 0.0576 e. The average Bonchev–Trinajstić information content (AvgIpc) is 2.85. The molecule has 2 atom stereocenters. The highest BCUT2D eigenvalue weighted by Crippen LogP contribution is 2.19. The lowest BCUT2D eigenvalue weighted by atomic mass is 10.0. The van der Waals surface area contributed by atoms with Crippen LogP contribution in [0.5, 0.6) is 0 Å². The zero-order chi connectivity index (χ0) is 12.3. The monoisotopic (exact) mass is 239 g/mol. The first-order chi connectivity index (χ1) is 8.36. The van der Waals surface area contributed by atoms with Gasteiger partial charge in [-0.1, -0.05) is 13.0 Å². The van der Waals surface area contributed by atoms with Gasteiger partial charge in [-0.3, -0.25) is 0 Å². The molecule has 1 fully saturated rings. The van der Waals surface area contributed by atoms with Crippen LogP contribution in [0, 0.1) is 0 Å². The Morgan fingerprint density at radius 3 is 3.00 bits per heavy atom. The Bertz CT molecular complexity index is 187. The zero-order valence-corrected chi connectivity index (χ0v) is 11.4. The van der Waals surface area contributed by atoms with Crippen LogP contribution in [-0.2, 0) is 4.74 Å². The van der Waals surface area contributed by atoms with Crippen molar-refractivity contribution in [2.75, 3.05) is 13.2 Å². The molecule has 100 valence electrons. The summed E-state index contributed by atoms with van der Waals surface area (Å²) >= 11 is 0. The molecule has 0 aliphatic carbocycles. The van der Waals surface area contributed by atoms with Gasteiger partial charge in [-0.15, -0.1) is 6.58 Å². The average molecular weight is 239 g/mol. The van der Waals surface area contributed by atoms with Crippen LogP contribution in [0.2, 0.25) is 0 Å². The predicted molar refractivity (Wildman–Crippen MR) is 74.3 cm³/mol. The van der Waals surface area contributed by atoms with Crippen LogP contribution in [0.25, 0.3) is 0 Å². The molecule has 1 aliphatic heterocycles. The van der Waals surface area contributed by atoms with E-state index in [4.69, 9.17) is 4.74 Å². The van der Waals surface area contributed by atoms with Crippen molar-refractivity contribution in [2.45, 2.75) is 70.4 Å². The molecule has 17 heavy (non-hydrogen) atoms. The molecule has 0 radical (unpaired) electrons. The van der Waals surface area contributed by atoms with Gasteiger partial charge in [0.15, 0.2) is 0 Å². The number of allylic oxidation sites excluding steroid dienone is 1. The molecule has 1 aliphatic rings. The van der Waals surface area contributed by atoms with Gasteiger partial charge in [0.2, 0.25) is 0 Å². The molecule has 1 saturated heterocycles. The van der Waals surface area contributed by atoms with E-state index in [-0.39, 0.29) is 0 Å². The normalized spacial score (nSPS) is 21.6. The van der Waals surface area contributed by atoms with Gasteiger partial charge >= 0.3 is 0 Å². The van der Waals surface area contributed by atoms with E-state index < -0.39 is 0 Å². The number of hydrogen-bond acceptors (Lipinski definition) is 2. The second kappa shape index (κ2) is 9.67. The number of ether oxygens (including phenoxy) is 1. The molecular weight excluding hydrogens is 210 g/mol. The highest BCUT2D eigenvalue weighted by Gasteiger charge is 2.17. The molecule has 0 spiro atoms. The van der Waals surface area contributed by atoms with E-state index >= 15 is 0 Å². The van der Waals surface area contributed by atoms with E-state index in [1.807, 2.05) is 6.08 Å². The molecule has 0 saturated carbocycles. The summed E-state index contributed by atoms with van der Waals surface area (Å²) < 4.78 is 5.69. The number of nitrogens with one attached hydrogen (secondary N) is 1. The van der Waals surface area contributed by atoms with Gasteiger partial charge < -0.3 is 10.1 Å². The van der Waals surface area contributed by atoms with Crippen molar-refractivity contribution in [2.24, 2.45) is 0 Å². The van der Waals surface area contributed by atoms with Crippen molar-refractivity contribution in [3.63, 3.8) is 0 Å². The minimum atomic E-state index is 0.542. The first-order valence-corrected chi connectivity index (χ1v) is 7.32. The SMILES string of the molecule is C=CCCCC(CCC1CCCO1)NCCC. The highest BCUT2D eigenvalue weighted by molar-refractivity contribution is 4.74. The Balaban J connectivity index is 2.15. The van der Waals surface area contributed by atoms with E-state index in [0.717, 1.165) is 19.6 Å². The van der Waals surface area contributed by atoms with Crippen LogP contribution in [0.15, 0.2) is 12.7 Å². The molecule has 1 N–H and O–H groups in total. The lowest BCUT2D eigenvalue weighted by molar-refractivity contribution is 0.0992. The van der Waals surface area contributed by atoms with Crippen molar-refractivity contribution >= 4 is 0 Å². The second-order valence-corrected chi connectivity index (χ2v) is 5.08. The quantitative estimate of drug-likeness (QED) is 0.464. The third kappa shape index (κ3) is 6.85. The lowest BCUT2D eigenvalue weighted by Crippen LogP contribution is -2.30. The lowest BCUT2D eigenvalue weighted by Gasteiger charge is -2.20. The predicted octanol–water partition coefficient (Wildman–Crippen LogP) is 3.67. The first-order valence-electron chi connectivity index (χ1n) is 7.32. The van der Waals surface area contributed by atoms with E-state index in [9.17, 15) is 0 Å². The maximum absolute atomic E-state index is 5.69. The molecule has 1 rings (SSSR count). The van der Waals surface area contributed by atoms with Crippen LogP contribution in [0.1, 0.15) is 58.3 Å². The van der Waals surface area contributed by atoms with Crippen LogP contribution in [0.4, 0.5) is 0 Å². The van der Waals surface area contributed by atoms with Crippen molar-refractivity contribution in [3.8, 4) is 0 Å². The van der Waals surface area contributed by atoms with Crippen molar-refractivity contribution in [1.82, 2.24) is 5.32 Å². The van der Waals surface area contributed by atoms with Crippen LogP contribution in [-0.4, -0.2) is 25.3 Å². The number of hydrogen-bond donors (Lipinski definition) is 1. The van der Waals surface area contributed by atoms with Crippen molar-refractivity contribution < 1.29 is 4.74 Å². The van der Waals surface area contributed by atoms with E-state index in [1.165, 1.54) is 44.9 Å². The Morgan fingerprint density at radius 2 is 2.35 bits per heavy atom. The molecule has 0 aromatic rings.